The Morgan fingerprint density at radius 1 is 0.250 bits per heavy atom. The van der Waals surface area contributed by atoms with Crippen LogP contribution >= 0.6 is 0 Å². The summed E-state index contributed by atoms with van der Waals surface area (Å²) >= 11 is 0. The molecule has 0 aliphatic carbocycles. The van der Waals surface area contributed by atoms with Crippen molar-refractivity contribution in [2.75, 3.05) is 4.90 Å². The van der Waals surface area contributed by atoms with E-state index in [1.54, 1.807) is 0 Å². The molecule has 1 heterocycles. The van der Waals surface area contributed by atoms with E-state index in [9.17, 15) is 0 Å². The van der Waals surface area contributed by atoms with E-state index in [1.165, 1.54) is 98.3 Å². The molecule has 0 unspecified atom stereocenters. The Bertz CT molecular complexity index is 3750. The Morgan fingerprint density at radius 2 is 0.719 bits per heavy atom. The van der Waals surface area contributed by atoms with Gasteiger partial charge in [-0.2, -0.15) is 0 Å². The molecule has 0 aliphatic rings. The van der Waals surface area contributed by atoms with E-state index >= 15 is 0 Å². The van der Waals surface area contributed by atoms with Crippen molar-refractivity contribution in [3.8, 4) is 39.1 Å². The second-order valence-electron chi connectivity index (χ2n) is 16.9. The van der Waals surface area contributed by atoms with Crippen molar-refractivity contribution < 1.29 is 0 Å². The third-order valence-electron chi connectivity index (χ3n) is 13.3. The molecule has 0 aliphatic heterocycles. The first-order valence-electron chi connectivity index (χ1n) is 22.1. The van der Waals surface area contributed by atoms with Gasteiger partial charge in [0.1, 0.15) is 0 Å². The molecule has 1 aromatic heterocycles. The van der Waals surface area contributed by atoms with Crippen molar-refractivity contribution >= 4 is 82.0 Å². The first-order valence-corrected chi connectivity index (χ1v) is 22.1. The number of fused-ring (bicyclic) bond motifs is 5. The summed E-state index contributed by atoms with van der Waals surface area (Å²) in [7, 11) is 0. The molecule has 298 valence electrons. The summed E-state index contributed by atoms with van der Waals surface area (Å²) < 4.78 is 2.49. The highest BCUT2D eigenvalue weighted by atomic mass is 15.1. The second-order valence-corrected chi connectivity index (χ2v) is 16.9. The average Bonchev–Trinajstić information content (AvgIpc) is 3.70. The number of hydrogen-bond acceptors (Lipinski definition) is 1. The zero-order valence-electron chi connectivity index (χ0n) is 35.0. The lowest BCUT2D eigenvalue weighted by molar-refractivity contribution is 1.19. The van der Waals surface area contributed by atoms with Crippen molar-refractivity contribution in [1.29, 1.82) is 0 Å². The normalized spacial score (nSPS) is 11.8. The Labute approximate surface area is 371 Å². The van der Waals surface area contributed by atoms with E-state index in [1.807, 2.05) is 0 Å². The quantitative estimate of drug-likeness (QED) is 0.146. The lowest BCUT2D eigenvalue weighted by Crippen LogP contribution is -2.09. The smallest absolute Gasteiger partial charge is 0.0553 e. The van der Waals surface area contributed by atoms with E-state index in [0.717, 1.165) is 22.7 Å². The molecule has 13 rings (SSSR count). The van der Waals surface area contributed by atoms with Crippen molar-refractivity contribution in [3.05, 3.63) is 243 Å². The van der Waals surface area contributed by atoms with Gasteiger partial charge in [0.2, 0.25) is 0 Å². The SMILES string of the molecule is c1ccc(-c2ccc(N(c3ccc(-c4ccccc4)cc3)c3ccc(-c4ccc5c6c7ccc8cccc9ccc(cc6n(-c6ccc%10ccccc%10c6)c5c4)c7c98)cc3)cc2)cc1. The minimum atomic E-state index is 1.10. The highest BCUT2D eigenvalue weighted by molar-refractivity contribution is 6.33. The number of hydrogen-bond donors (Lipinski definition) is 0. The number of aromatic nitrogens is 1. The Balaban J connectivity index is 0.958. The van der Waals surface area contributed by atoms with Gasteiger partial charge in [-0.15, -0.1) is 0 Å². The van der Waals surface area contributed by atoms with Gasteiger partial charge in [-0.05, 0) is 137 Å². The maximum absolute atomic E-state index is 2.49. The summed E-state index contributed by atoms with van der Waals surface area (Å²) in [5.41, 5.74) is 14.0. The molecule has 12 aromatic carbocycles. The first kappa shape index (κ1) is 36.2. The van der Waals surface area contributed by atoms with Gasteiger partial charge < -0.3 is 9.47 Å². The van der Waals surface area contributed by atoms with Gasteiger partial charge in [-0.3, -0.25) is 0 Å². The van der Waals surface area contributed by atoms with Crippen LogP contribution in [0, 0.1) is 0 Å². The van der Waals surface area contributed by atoms with E-state index in [2.05, 4.69) is 252 Å². The first-order chi connectivity index (χ1) is 31.7. The van der Waals surface area contributed by atoms with Crippen LogP contribution in [0.2, 0.25) is 0 Å². The topological polar surface area (TPSA) is 8.17 Å². The fourth-order valence-electron chi connectivity index (χ4n) is 10.2. The van der Waals surface area contributed by atoms with Gasteiger partial charge in [0.05, 0.1) is 11.0 Å². The standard InChI is InChI=1S/C62H40N2/c1-3-10-41(11-4-1)44-20-29-52(30-21-44)63(53-31-22-45(23-32-53)42-12-5-2-6-13-42)54-33-24-46(25-34-54)50-28-36-56-58(39-50)64(55-35-26-43-14-7-8-15-49(43)38-55)59-40-51-19-18-47-16-9-17-48-27-37-57(62(56)59)61(51)60(47)48/h1-40H. The van der Waals surface area contributed by atoms with Crippen LogP contribution in [0.3, 0.4) is 0 Å². The molecule has 64 heavy (non-hydrogen) atoms. The minimum Gasteiger partial charge on any atom is -0.311 e. The summed E-state index contributed by atoms with van der Waals surface area (Å²) in [5.74, 6) is 0. The lowest BCUT2D eigenvalue weighted by atomic mass is 9.92. The zero-order valence-corrected chi connectivity index (χ0v) is 35.0. The van der Waals surface area contributed by atoms with E-state index in [-0.39, 0.29) is 0 Å². The Morgan fingerprint density at radius 3 is 1.34 bits per heavy atom. The minimum absolute atomic E-state index is 1.10. The van der Waals surface area contributed by atoms with E-state index < -0.39 is 0 Å². The molecule has 2 nitrogen and oxygen atoms in total. The third-order valence-corrected chi connectivity index (χ3v) is 13.3. The predicted molar refractivity (Wildman–Crippen MR) is 273 cm³/mol. The lowest BCUT2D eigenvalue weighted by Gasteiger charge is -2.26. The molecule has 0 atom stereocenters. The Hall–Kier alpha value is -8.46. The molecular weight excluding hydrogens is 773 g/mol. The van der Waals surface area contributed by atoms with Crippen LogP contribution in [-0.4, -0.2) is 4.57 Å². The highest BCUT2D eigenvalue weighted by Gasteiger charge is 2.20. The number of anilines is 3. The van der Waals surface area contributed by atoms with Gasteiger partial charge in [-0.25, -0.2) is 0 Å². The average molecular weight is 813 g/mol. The number of benzene rings is 12. The Kier molecular flexibility index (Phi) is 8.25. The van der Waals surface area contributed by atoms with Crippen LogP contribution in [0.15, 0.2) is 243 Å². The molecule has 0 amide bonds. The summed E-state index contributed by atoms with van der Waals surface area (Å²) in [6.07, 6.45) is 0. The van der Waals surface area contributed by atoms with Crippen molar-refractivity contribution in [2.24, 2.45) is 0 Å². The highest BCUT2D eigenvalue weighted by Crippen LogP contribution is 2.45. The van der Waals surface area contributed by atoms with E-state index in [4.69, 9.17) is 0 Å². The van der Waals surface area contributed by atoms with Crippen molar-refractivity contribution in [2.45, 2.75) is 0 Å². The number of nitrogens with zero attached hydrogens (tertiary/aromatic N) is 2. The van der Waals surface area contributed by atoms with Gasteiger partial charge >= 0.3 is 0 Å². The van der Waals surface area contributed by atoms with Gasteiger partial charge in [-0.1, -0.05) is 182 Å². The molecule has 2 heteroatoms. The van der Waals surface area contributed by atoms with Crippen molar-refractivity contribution in [3.63, 3.8) is 0 Å². The largest absolute Gasteiger partial charge is 0.311 e. The molecule has 13 aromatic rings. The van der Waals surface area contributed by atoms with Crippen LogP contribution in [-0.2, 0) is 0 Å². The molecule has 0 N–H and O–H groups in total. The van der Waals surface area contributed by atoms with Crippen LogP contribution in [0.25, 0.3) is 104 Å². The summed E-state index contributed by atoms with van der Waals surface area (Å²) in [4.78, 5) is 2.35. The monoisotopic (exact) mass is 812 g/mol. The van der Waals surface area contributed by atoms with Crippen LogP contribution in [0.4, 0.5) is 17.1 Å². The summed E-state index contributed by atoms with van der Waals surface area (Å²) in [5, 5.41) is 12.8. The third kappa shape index (κ3) is 5.88. The maximum Gasteiger partial charge on any atom is 0.0553 e. The maximum atomic E-state index is 2.49. The van der Waals surface area contributed by atoms with Gasteiger partial charge in [0, 0.05) is 33.5 Å². The van der Waals surface area contributed by atoms with E-state index in [0.29, 0.717) is 0 Å². The zero-order chi connectivity index (χ0) is 42.1. The molecule has 0 spiro atoms. The molecule has 0 bridgehead atoms. The molecule has 0 saturated heterocycles. The molecule has 0 fully saturated rings. The molecule has 0 radical (unpaired) electrons. The number of rotatable bonds is 7. The second kappa shape index (κ2) is 14.6. The summed E-state index contributed by atoms with van der Waals surface area (Å²) in [6, 6.07) is 89.0. The predicted octanol–water partition coefficient (Wildman–Crippen LogP) is 17.3. The molecule has 0 saturated carbocycles. The van der Waals surface area contributed by atoms with Crippen LogP contribution < -0.4 is 4.90 Å². The summed E-state index contributed by atoms with van der Waals surface area (Å²) in [6.45, 7) is 0. The van der Waals surface area contributed by atoms with Crippen molar-refractivity contribution in [1.82, 2.24) is 4.57 Å². The van der Waals surface area contributed by atoms with Gasteiger partial charge in [0.25, 0.3) is 0 Å². The van der Waals surface area contributed by atoms with Gasteiger partial charge in [0.15, 0.2) is 0 Å². The van der Waals surface area contributed by atoms with Crippen LogP contribution in [0.1, 0.15) is 0 Å². The van der Waals surface area contributed by atoms with Crippen LogP contribution in [0.5, 0.6) is 0 Å². The fraction of sp³-hybridized carbons (Fsp3) is 0. The fourth-order valence-corrected chi connectivity index (χ4v) is 10.2. The molecular formula is C62H40N2.